The Morgan fingerprint density at radius 1 is 1.38 bits per heavy atom. The predicted molar refractivity (Wildman–Crippen MR) is 65.1 cm³/mol. The largest absolute Gasteiger partial charge is 0.359 e. The molecule has 0 atom stereocenters. The number of hydrogen-bond donors (Lipinski definition) is 3. The molecule has 6 nitrogen and oxygen atoms in total. The lowest BCUT2D eigenvalue weighted by Gasteiger charge is -1.95. The Kier molecular flexibility index (Phi) is 3.14. The average molecular weight is 239 g/mol. The van der Waals surface area contributed by atoms with Crippen LogP contribution in [-0.4, -0.2) is 32.7 Å². The molecule has 0 aliphatic carbocycles. The second kappa shape index (κ2) is 4.56. The number of hydrogen-bond acceptors (Lipinski definition) is 5. The maximum absolute atomic E-state index is 11.6. The second-order valence-electron chi connectivity index (χ2n) is 3.25. The summed E-state index contributed by atoms with van der Waals surface area (Å²) in [6, 6.07) is 0. The molecule has 0 aliphatic heterocycles. The van der Waals surface area contributed by atoms with Crippen LogP contribution in [0.25, 0.3) is 11.2 Å². The molecule has 0 bridgehead atoms. The number of fused-ring (bicyclic) bond motifs is 1. The summed E-state index contributed by atoms with van der Waals surface area (Å²) in [6.45, 7) is 2.10. The zero-order chi connectivity index (χ0) is 11.5. The molecule has 0 saturated heterocycles. The van der Waals surface area contributed by atoms with Crippen molar-refractivity contribution in [3.63, 3.8) is 0 Å². The number of nitrogens with one attached hydrogen (secondary N) is 3. The van der Waals surface area contributed by atoms with Crippen LogP contribution in [0.4, 0.5) is 5.95 Å². The first-order valence-corrected chi connectivity index (χ1v) is 6.03. The van der Waals surface area contributed by atoms with Crippen molar-refractivity contribution in [3.05, 3.63) is 10.4 Å². The van der Waals surface area contributed by atoms with Crippen molar-refractivity contribution in [2.24, 2.45) is 0 Å². The van der Waals surface area contributed by atoms with Crippen molar-refractivity contribution in [2.45, 2.75) is 18.5 Å². The van der Waals surface area contributed by atoms with E-state index < -0.39 is 0 Å². The molecule has 86 valence electrons. The molecule has 0 spiro atoms. The molecule has 0 amide bonds. The number of rotatable bonds is 4. The molecule has 3 N–H and O–H groups in total. The zero-order valence-electron chi connectivity index (χ0n) is 9.13. The first-order chi connectivity index (χ1) is 7.74. The standard InChI is InChI=1S/C9H13N5OS/c1-3-4-16-9-11-5-6(13-9)12-8(10-2)14-7(5)15/h3-4H2,1-2H3,(H3,10,11,12,13,14,15). The predicted octanol–water partition coefficient (Wildman–Crippen LogP) is 1.19. The molecular weight excluding hydrogens is 226 g/mol. The molecule has 2 aromatic heterocycles. The maximum atomic E-state index is 11.6. The molecule has 0 unspecified atom stereocenters. The van der Waals surface area contributed by atoms with E-state index in [1.54, 1.807) is 18.8 Å². The Balaban J connectivity index is 2.44. The summed E-state index contributed by atoms with van der Waals surface area (Å²) in [7, 11) is 1.70. The lowest BCUT2D eigenvalue weighted by atomic mass is 10.5. The molecule has 0 radical (unpaired) electrons. The lowest BCUT2D eigenvalue weighted by molar-refractivity contribution is 1.05. The van der Waals surface area contributed by atoms with Gasteiger partial charge in [-0.25, -0.2) is 4.98 Å². The fourth-order valence-corrected chi connectivity index (χ4v) is 1.99. The van der Waals surface area contributed by atoms with Crippen LogP contribution in [0.15, 0.2) is 9.95 Å². The van der Waals surface area contributed by atoms with E-state index >= 15 is 0 Å². The summed E-state index contributed by atoms with van der Waals surface area (Å²) >= 11 is 1.59. The number of aromatic nitrogens is 4. The highest BCUT2D eigenvalue weighted by Gasteiger charge is 2.08. The van der Waals surface area contributed by atoms with E-state index in [1.165, 1.54) is 0 Å². The van der Waals surface area contributed by atoms with Gasteiger partial charge in [0.1, 0.15) is 0 Å². The second-order valence-corrected chi connectivity index (χ2v) is 4.34. The molecular formula is C9H13N5OS. The van der Waals surface area contributed by atoms with Crippen LogP contribution < -0.4 is 10.9 Å². The fraction of sp³-hybridized carbons (Fsp3) is 0.444. The maximum Gasteiger partial charge on any atom is 0.278 e. The van der Waals surface area contributed by atoms with Gasteiger partial charge in [0, 0.05) is 12.8 Å². The Morgan fingerprint density at radius 3 is 2.88 bits per heavy atom. The summed E-state index contributed by atoms with van der Waals surface area (Å²) in [5.41, 5.74) is 0.675. The van der Waals surface area contributed by atoms with Gasteiger partial charge in [0.15, 0.2) is 16.3 Å². The molecule has 0 aromatic carbocycles. The average Bonchev–Trinajstić information content (AvgIpc) is 2.69. The van der Waals surface area contributed by atoms with E-state index in [4.69, 9.17) is 0 Å². The van der Waals surface area contributed by atoms with Gasteiger partial charge in [0.05, 0.1) is 0 Å². The summed E-state index contributed by atoms with van der Waals surface area (Å²) in [5.74, 6) is 1.40. The molecule has 7 heteroatoms. The van der Waals surface area contributed by atoms with Crippen LogP contribution in [-0.2, 0) is 0 Å². The van der Waals surface area contributed by atoms with Crippen molar-refractivity contribution in [2.75, 3.05) is 18.1 Å². The van der Waals surface area contributed by atoms with E-state index in [0.29, 0.717) is 17.1 Å². The molecule has 0 saturated carbocycles. The minimum Gasteiger partial charge on any atom is -0.359 e. The molecule has 2 rings (SSSR count). The monoisotopic (exact) mass is 239 g/mol. The van der Waals surface area contributed by atoms with Gasteiger partial charge in [-0.3, -0.25) is 9.78 Å². The normalized spacial score (nSPS) is 10.9. The van der Waals surface area contributed by atoms with E-state index in [1.807, 2.05) is 0 Å². The third-order valence-corrected chi connectivity index (χ3v) is 3.10. The third-order valence-electron chi connectivity index (χ3n) is 2.02. The van der Waals surface area contributed by atoms with Crippen LogP contribution in [0.3, 0.4) is 0 Å². The zero-order valence-corrected chi connectivity index (χ0v) is 9.94. The number of anilines is 1. The first-order valence-electron chi connectivity index (χ1n) is 5.05. The van der Waals surface area contributed by atoms with Crippen molar-refractivity contribution < 1.29 is 0 Å². The number of imidazole rings is 1. The topological polar surface area (TPSA) is 86.5 Å². The van der Waals surface area contributed by atoms with Gasteiger partial charge in [-0.1, -0.05) is 18.7 Å². The lowest BCUT2D eigenvalue weighted by Crippen LogP contribution is -2.11. The molecule has 2 aromatic rings. The smallest absolute Gasteiger partial charge is 0.278 e. The minimum atomic E-state index is -0.204. The van der Waals surface area contributed by atoms with Crippen LogP contribution >= 0.6 is 11.8 Å². The molecule has 0 fully saturated rings. The summed E-state index contributed by atoms with van der Waals surface area (Å²) in [5, 5.41) is 3.52. The van der Waals surface area contributed by atoms with Crippen molar-refractivity contribution in [1.82, 2.24) is 19.9 Å². The number of H-pyrrole nitrogens is 2. The van der Waals surface area contributed by atoms with Gasteiger partial charge in [0.25, 0.3) is 5.56 Å². The SMILES string of the molecule is CCCSc1nc2nc(NC)[nH]c(=O)c2[nH]1. The Hall–Kier alpha value is -1.50. The quantitative estimate of drug-likeness (QED) is 0.698. The Bertz CT molecular complexity index is 546. The van der Waals surface area contributed by atoms with Gasteiger partial charge in [-0.15, -0.1) is 0 Å². The highest BCUT2D eigenvalue weighted by Crippen LogP contribution is 2.17. The number of nitrogens with zero attached hydrogens (tertiary/aromatic N) is 2. The molecule has 2 heterocycles. The highest BCUT2D eigenvalue weighted by molar-refractivity contribution is 7.99. The van der Waals surface area contributed by atoms with Crippen LogP contribution in [0.5, 0.6) is 0 Å². The fourth-order valence-electron chi connectivity index (χ4n) is 1.27. The Labute approximate surface area is 96.3 Å². The van der Waals surface area contributed by atoms with E-state index in [0.717, 1.165) is 17.3 Å². The molecule has 0 aliphatic rings. The van der Waals surface area contributed by atoms with Crippen molar-refractivity contribution in [1.29, 1.82) is 0 Å². The summed E-state index contributed by atoms with van der Waals surface area (Å²) in [4.78, 5) is 25.6. The van der Waals surface area contributed by atoms with E-state index in [2.05, 4.69) is 32.2 Å². The summed E-state index contributed by atoms with van der Waals surface area (Å²) in [6.07, 6.45) is 1.06. The first kappa shape index (κ1) is 11.0. The molecule has 16 heavy (non-hydrogen) atoms. The van der Waals surface area contributed by atoms with Crippen LogP contribution in [0, 0.1) is 0 Å². The third kappa shape index (κ3) is 2.04. The van der Waals surface area contributed by atoms with Gasteiger partial charge in [-0.2, -0.15) is 4.98 Å². The van der Waals surface area contributed by atoms with Gasteiger partial charge < -0.3 is 10.3 Å². The Morgan fingerprint density at radius 2 is 2.19 bits per heavy atom. The summed E-state index contributed by atoms with van der Waals surface area (Å²) < 4.78 is 0. The highest BCUT2D eigenvalue weighted by atomic mass is 32.2. The van der Waals surface area contributed by atoms with Crippen LogP contribution in [0.2, 0.25) is 0 Å². The van der Waals surface area contributed by atoms with E-state index in [9.17, 15) is 4.79 Å². The van der Waals surface area contributed by atoms with Gasteiger partial charge >= 0.3 is 0 Å². The number of thioether (sulfide) groups is 1. The van der Waals surface area contributed by atoms with Gasteiger partial charge in [-0.05, 0) is 6.42 Å². The van der Waals surface area contributed by atoms with Crippen molar-refractivity contribution >= 4 is 28.9 Å². The number of aromatic amines is 2. The van der Waals surface area contributed by atoms with E-state index in [-0.39, 0.29) is 5.56 Å². The van der Waals surface area contributed by atoms with Gasteiger partial charge in [0.2, 0.25) is 5.95 Å². The minimum absolute atomic E-state index is 0.204. The van der Waals surface area contributed by atoms with Crippen LogP contribution in [0.1, 0.15) is 13.3 Å². The van der Waals surface area contributed by atoms with Crippen molar-refractivity contribution in [3.8, 4) is 0 Å².